The van der Waals surface area contributed by atoms with Gasteiger partial charge in [0.2, 0.25) is 18.2 Å². The van der Waals surface area contributed by atoms with Gasteiger partial charge in [0.05, 0.1) is 25.1 Å². The summed E-state index contributed by atoms with van der Waals surface area (Å²) >= 11 is 0. The molecule has 44 heavy (non-hydrogen) atoms. The van der Waals surface area contributed by atoms with Crippen LogP contribution in [-0.2, 0) is 14.4 Å². The van der Waals surface area contributed by atoms with Crippen molar-refractivity contribution in [1.29, 1.82) is 0 Å². The summed E-state index contributed by atoms with van der Waals surface area (Å²) in [5.41, 5.74) is 0.0178. The Morgan fingerprint density at radius 1 is 1.02 bits per heavy atom. The summed E-state index contributed by atoms with van der Waals surface area (Å²) in [4.78, 5) is 54.7. The zero-order valence-electron chi connectivity index (χ0n) is 26.5. The molecule has 1 aromatic carbocycles. The van der Waals surface area contributed by atoms with Gasteiger partial charge in [0.25, 0.3) is 5.91 Å². The van der Waals surface area contributed by atoms with Crippen molar-refractivity contribution in [1.82, 2.24) is 20.2 Å². The highest BCUT2D eigenvalue weighted by atomic mass is 16.5. The van der Waals surface area contributed by atoms with Gasteiger partial charge in [-0.3, -0.25) is 24.4 Å². The number of ether oxygens (including phenoxy) is 1. The second-order valence-corrected chi connectivity index (χ2v) is 13.8. The van der Waals surface area contributed by atoms with E-state index in [4.69, 9.17) is 4.74 Å². The fourth-order valence-corrected chi connectivity index (χ4v) is 6.79. The molecule has 0 aromatic heterocycles. The molecule has 2 heterocycles. The van der Waals surface area contributed by atoms with Crippen molar-refractivity contribution in [2.45, 2.75) is 96.7 Å². The summed E-state index contributed by atoms with van der Waals surface area (Å²) in [5, 5.41) is 22.9. The molecule has 0 spiro atoms. The number of aliphatic hydroxyl groups excluding tert-OH is 1. The Kier molecular flexibility index (Phi) is 11.6. The number of piperidine rings is 1. The predicted octanol–water partition coefficient (Wildman–Crippen LogP) is 3.23. The lowest BCUT2D eigenvalue weighted by molar-refractivity contribution is -0.156. The SMILES string of the molecule is CC(C)(C)C(NC(=O)[C@H](CC1CCCC1)CN(O)C=O)C(=O)N1CCC(Oc2ccc(C(=O)N3CCC[C@H]3CO)cc2)CC1. The van der Waals surface area contributed by atoms with Crippen molar-refractivity contribution >= 4 is 24.1 Å². The fourth-order valence-electron chi connectivity index (χ4n) is 6.79. The van der Waals surface area contributed by atoms with E-state index in [-0.39, 0.29) is 43.0 Å². The van der Waals surface area contributed by atoms with Crippen LogP contribution < -0.4 is 10.1 Å². The number of hydroxylamine groups is 2. The molecule has 0 radical (unpaired) electrons. The maximum absolute atomic E-state index is 13.7. The third-order valence-corrected chi connectivity index (χ3v) is 9.40. The van der Waals surface area contributed by atoms with Crippen LogP contribution in [-0.4, -0.2) is 100 Å². The molecule has 1 unspecified atom stereocenters. The van der Waals surface area contributed by atoms with Crippen LogP contribution in [0.3, 0.4) is 0 Å². The van der Waals surface area contributed by atoms with Crippen LogP contribution in [0, 0.1) is 17.3 Å². The van der Waals surface area contributed by atoms with E-state index in [1.165, 1.54) is 0 Å². The van der Waals surface area contributed by atoms with Crippen LogP contribution in [0.1, 0.15) is 88.9 Å². The van der Waals surface area contributed by atoms with Gasteiger partial charge in [0.15, 0.2) is 0 Å². The first kappa shape index (κ1) is 33.7. The molecule has 1 saturated carbocycles. The van der Waals surface area contributed by atoms with E-state index in [0.717, 1.165) is 38.5 Å². The highest BCUT2D eigenvalue weighted by molar-refractivity contribution is 5.94. The van der Waals surface area contributed by atoms with E-state index in [1.54, 1.807) is 34.1 Å². The van der Waals surface area contributed by atoms with Gasteiger partial charge in [-0.2, -0.15) is 0 Å². The molecule has 11 heteroatoms. The number of nitrogens with one attached hydrogen (secondary N) is 1. The first-order valence-electron chi connectivity index (χ1n) is 16.2. The van der Waals surface area contributed by atoms with E-state index in [1.807, 2.05) is 20.8 Å². The molecule has 1 aromatic rings. The molecule has 2 saturated heterocycles. The minimum absolute atomic E-state index is 0.0260. The van der Waals surface area contributed by atoms with E-state index in [2.05, 4.69) is 5.32 Å². The molecule has 1 aliphatic carbocycles. The molecule has 3 atom stereocenters. The lowest BCUT2D eigenvalue weighted by Crippen LogP contribution is -2.58. The molecular weight excluding hydrogens is 564 g/mol. The normalized spacial score (nSPS) is 21.2. The highest BCUT2D eigenvalue weighted by Gasteiger charge is 2.39. The van der Waals surface area contributed by atoms with Crippen LogP contribution in [0.4, 0.5) is 0 Å². The summed E-state index contributed by atoms with van der Waals surface area (Å²) in [5.74, 6) is -0.114. The van der Waals surface area contributed by atoms with Crippen LogP contribution in [0.5, 0.6) is 5.75 Å². The Hall–Kier alpha value is -3.18. The molecule has 244 valence electrons. The lowest BCUT2D eigenvalue weighted by Gasteiger charge is -2.39. The molecule has 2 aliphatic heterocycles. The number of hydrogen-bond donors (Lipinski definition) is 3. The van der Waals surface area contributed by atoms with Crippen LogP contribution in [0.25, 0.3) is 0 Å². The molecule has 3 aliphatic rings. The first-order valence-corrected chi connectivity index (χ1v) is 16.2. The first-order chi connectivity index (χ1) is 21.0. The zero-order valence-corrected chi connectivity index (χ0v) is 26.5. The summed E-state index contributed by atoms with van der Waals surface area (Å²) in [6.07, 6.45) is 8.06. The van der Waals surface area contributed by atoms with E-state index >= 15 is 0 Å². The Balaban J connectivity index is 1.31. The average Bonchev–Trinajstić information content (AvgIpc) is 3.71. The minimum atomic E-state index is -0.756. The maximum atomic E-state index is 13.7. The largest absolute Gasteiger partial charge is 0.490 e. The standard InChI is InChI=1S/C33H50N4O7/c1-33(2,3)29(34-30(40)25(20-36(43)22-39)19-23-7-4-5-8-23)32(42)35-17-14-28(15-18-35)44-27-12-10-24(11-13-27)31(41)37-16-6-9-26(37)21-38/h10-13,22-23,25-26,28-29,38,43H,4-9,14-21H2,1-3H3,(H,34,40)/t25-,26+,29?/m1/s1. The van der Waals surface area contributed by atoms with Gasteiger partial charge in [-0.05, 0) is 54.9 Å². The number of nitrogens with zero attached hydrogens (tertiary/aromatic N) is 3. The molecule has 3 fully saturated rings. The molecule has 4 rings (SSSR count). The number of amides is 4. The van der Waals surface area contributed by atoms with Gasteiger partial charge < -0.3 is 25.0 Å². The smallest absolute Gasteiger partial charge is 0.254 e. The summed E-state index contributed by atoms with van der Waals surface area (Å²) in [6, 6.07) is 6.22. The third-order valence-electron chi connectivity index (χ3n) is 9.40. The summed E-state index contributed by atoms with van der Waals surface area (Å²) in [7, 11) is 0. The highest BCUT2D eigenvalue weighted by Crippen LogP contribution is 2.31. The quantitative estimate of drug-likeness (QED) is 0.187. The van der Waals surface area contributed by atoms with Gasteiger partial charge in [-0.25, -0.2) is 5.06 Å². The Morgan fingerprint density at radius 2 is 1.68 bits per heavy atom. The van der Waals surface area contributed by atoms with E-state index in [9.17, 15) is 29.5 Å². The van der Waals surface area contributed by atoms with Crippen molar-refractivity contribution < 1.29 is 34.2 Å². The van der Waals surface area contributed by atoms with Crippen molar-refractivity contribution in [2.24, 2.45) is 17.3 Å². The number of benzene rings is 1. The fraction of sp³-hybridized carbons (Fsp3) is 0.697. The molecule has 0 bridgehead atoms. The van der Waals surface area contributed by atoms with Crippen molar-refractivity contribution in [3.05, 3.63) is 29.8 Å². The lowest BCUT2D eigenvalue weighted by atomic mass is 9.84. The van der Waals surface area contributed by atoms with Crippen LogP contribution in [0.2, 0.25) is 0 Å². The molecule has 11 nitrogen and oxygen atoms in total. The Labute approximate surface area is 260 Å². The van der Waals surface area contributed by atoms with Crippen molar-refractivity contribution in [3.8, 4) is 5.75 Å². The van der Waals surface area contributed by atoms with Gasteiger partial charge in [0, 0.05) is 38.0 Å². The van der Waals surface area contributed by atoms with Crippen molar-refractivity contribution in [2.75, 3.05) is 32.8 Å². The van der Waals surface area contributed by atoms with Gasteiger partial charge >= 0.3 is 0 Å². The van der Waals surface area contributed by atoms with E-state index in [0.29, 0.717) is 67.6 Å². The maximum Gasteiger partial charge on any atom is 0.254 e. The number of carbonyl (C=O) groups excluding carboxylic acids is 4. The number of hydrogen-bond acceptors (Lipinski definition) is 7. The monoisotopic (exact) mass is 614 g/mol. The summed E-state index contributed by atoms with van der Waals surface area (Å²) < 4.78 is 6.19. The van der Waals surface area contributed by atoms with E-state index < -0.39 is 17.4 Å². The topological polar surface area (TPSA) is 140 Å². The number of likely N-dealkylation sites (tertiary alicyclic amines) is 2. The second kappa shape index (κ2) is 15.2. The third kappa shape index (κ3) is 8.72. The van der Waals surface area contributed by atoms with Crippen molar-refractivity contribution in [3.63, 3.8) is 0 Å². The van der Waals surface area contributed by atoms with Gasteiger partial charge in [-0.1, -0.05) is 46.5 Å². The molecule has 3 N–H and O–H groups in total. The summed E-state index contributed by atoms with van der Waals surface area (Å²) in [6.45, 7) is 7.26. The molecular formula is C33H50N4O7. The Morgan fingerprint density at radius 3 is 2.27 bits per heavy atom. The number of carbonyl (C=O) groups is 4. The average molecular weight is 615 g/mol. The minimum Gasteiger partial charge on any atom is -0.490 e. The van der Waals surface area contributed by atoms with Gasteiger partial charge in [0.1, 0.15) is 17.9 Å². The predicted molar refractivity (Wildman–Crippen MR) is 164 cm³/mol. The van der Waals surface area contributed by atoms with Crippen LogP contribution >= 0.6 is 0 Å². The Bertz CT molecular complexity index is 1120. The van der Waals surface area contributed by atoms with Crippen LogP contribution in [0.15, 0.2) is 24.3 Å². The van der Waals surface area contributed by atoms with Gasteiger partial charge in [-0.15, -0.1) is 0 Å². The molecule has 4 amide bonds. The number of rotatable bonds is 12. The zero-order chi connectivity index (χ0) is 31.9. The second-order valence-electron chi connectivity index (χ2n) is 13.8. The number of aliphatic hydroxyl groups is 1.